The third-order valence-corrected chi connectivity index (χ3v) is 2.40. The molecule has 0 aromatic carbocycles. The van der Waals surface area contributed by atoms with Crippen LogP contribution in [0.4, 0.5) is 0 Å². The van der Waals surface area contributed by atoms with Crippen molar-refractivity contribution in [1.82, 2.24) is 0 Å². The van der Waals surface area contributed by atoms with E-state index in [1.165, 1.54) is 12.8 Å². The molecule has 1 rings (SSSR count). The van der Waals surface area contributed by atoms with Crippen molar-refractivity contribution in [3.63, 3.8) is 0 Å². The Balaban J connectivity index is 1.91. The molecule has 0 aromatic rings. The molecule has 1 aliphatic heterocycles. The Bertz CT molecular complexity index is 191. The smallest absolute Gasteiger partial charge is 0.157 e. The highest BCUT2D eigenvalue weighted by Gasteiger charge is 2.12. The first-order valence-electron chi connectivity index (χ1n) is 5.94. The number of hydrogen-bond acceptors (Lipinski definition) is 2. The highest BCUT2D eigenvalue weighted by molar-refractivity contribution is 5.00. The van der Waals surface area contributed by atoms with Gasteiger partial charge in [-0.2, -0.15) is 0 Å². The SMILES string of the molecule is C/C=C/C=C/CCCOC1CCCCO1. The zero-order valence-electron chi connectivity index (χ0n) is 9.65. The first kappa shape index (κ1) is 12.5. The second-order valence-electron chi connectivity index (χ2n) is 3.76. The van der Waals surface area contributed by atoms with Gasteiger partial charge in [0.05, 0.1) is 6.61 Å². The largest absolute Gasteiger partial charge is 0.353 e. The monoisotopic (exact) mass is 210 g/mol. The van der Waals surface area contributed by atoms with E-state index in [-0.39, 0.29) is 6.29 Å². The fraction of sp³-hybridized carbons (Fsp3) is 0.692. The van der Waals surface area contributed by atoms with E-state index in [1.54, 1.807) is 0 Å². The molecule has 0 saturated carbocycles. The van der Waals surface area contributed by atoms with Gasteiger partial charge in [-0.25, -0.2) is 0 Å². The summed E-state index contributed by atoms with van der Waals surface area (Å²) < 4.78 is 11.1. The molecule has 1 heterocycles. The van der Waals surface area contributed by atoms with Gasteiger partial charge in [0.2, 0.25) is 0 Å². The van der Waals surface area contributed by atoms with Crippen LogP contribution in [-0.4, -0.2) is 19.5 Å². The Hall–Kier alpha value is -0.600. The normalized spacial score (nSPS) is 22.9. The van der Waals surface area contributed by atoms with Crippen LogP contribution in [0.25, 0.3) is 0 Å². The standard InChI is InChI=1S/C13H22O2/c1-2-3-4-5-6-8-11-14-13-10-7-9-12-15-13/h2-5,13H,6-12H2,1H3/b3-2+,5-4+. The van der Waals surface area contributed by atoms with Gasteiger partial charge in [-0.1, -0.05) is 24.3 Å². The lowest BCUT2D eigenvalue weighted by Crippen LogP contribution is -2.22. The van der Waals surface area contributed by atoms with Crippen LogP contribution in [0, 0.1) is 0 Å². The summed E-state index contributed by atoms with van der Waals surface area (Å²) in [7, 11) is 0. The summed E-state index contributed by atoms with van der Waals surface area (Å²) in [6.07, 6.45) is 14.0. The van der Waals surface area contributed by atoms with E-state index < -0.39 is 0 Å². The summed E-state index contributed by atoms with van der Waals surface area (Å²) in [4.78, 5) is 0. The van der Waals surface area contributed by atoms with E-state index in [0.717, 1.165) is 32.5 Å². The van der Waals surface area contributed by atoms with Crippen LogP contribution >= 0.6 is 0 Å². The molecule has 0 bridgehead atoms. The molecule has 0 aromatic heterocycles. The summed E-state index contributed by atoms with van der Waals surface area (Å²) in [6.45, 7) is 3.70. The van der Waals surface area contributed by atoms with Crippen LogP contribution in [0.5, 0.6) is 0 Å². The molecule has 1 saturated heterocycles. The first-order chi connectivity index (χ1) is 7.43. The number of ether oxygens (including phenoxy) is 2. The lowest BCUT2D eigenvalue weighted by Gasteiger charge is -2.22. The summed E-state index contributed by atoms with van der Waals surface area (Å²) >= 11 is 0. The molecular weight excluding hydrogens is 188 g/mol. The summed E-state index contributed by atoms with van der Waals surface area (Å²) in [5.74, 6) is 0. The van der Waals surface area contributed by atoms with Crippen molar-refractivity contribution in [2.45, 2.75) is 45.3 Å². The minimum atomic E-state index is 0.0678. The van der Waals surface area contributed by atoms with Gasteiger partial charge in [-0.15, -0.1) is 0 Å². The van der Waals surface area contributed by atoms with Crippen molar-refractivity contribution >= 4 is 0 Å². The Kier molecular flexibility index (Phi) is 7.22. The quantitative estimate of drug-likeness (QED) is 0.494. The molecule has 0 spiro atoms. The molecule has 0 aliphatic carbocycles. The lowest BCUT2D eigenvalue weighted by atomic mass is 10.2. The molecule has 86 valence electrons. The summed E-state index contributed by atoms with van der Waals surface area (Å²) in [5.41, 5.74) is 0. The Morgan fingerprint density at radius 3 is 3.00 bits per heavy atom. The zero-order valence-corrected chi connectivity index (χ0v) is 9.65. The molecule has 0 radical (unpaired) electrons. The maximum atomic E-state index is 5.62. The average molecular weight is 210 g/mol. The first-order valence-corrected chi connectivity index (χ1v) is 5.94. The van der Waals surface area contributed by atoms with Crippen molar-refractivity contribution in [2.24, 2.45) is 0 Å². The van der Waals surface area contributed by atoms with Gasteiger partial charge in [0.1, 0.15) is 0 Å². The lowest BCUT2D eigenvalue weighted by molar-refractivity contribution is -0.162. The van der Waals surface area contributed by atoms with Gasteiger partial charge in [0.25, 0.3) is 0 Å². The van der Waals surface area contributed by atoms with Crippen LogP contribution in [-0.2, 0) is 9.47 Å². The van der Waals surface area contributed by atoms with E-state index >= 15 is 0 Å². The third kappa shape index (κ3) is 6.47. The van der Waals surface area contributed by atoms with E-state index in [4.69, 9.17) is 9.47 Å². The van der Waals surface area contributed by atoms with Gasteiger partial charge < -0.3 is 9.47 Å². The molecular formula is C13H22O2. The molecule has 2 heteroatoms. The van der Waals surface area contributed by atoms with Crippen molar-refractivity contribution < 1.29 is 9.47 Å². The van der Waals surface area contributed by atoms with Crippen molar-refractivity contribution in [3.8, 4) is 0 Å². The Morgan fingerprint density at radius 1 is 1.33 bits per heavy atom. The molecule has 0 amide bonds. The average Bonchev–Trinajstić information content (AvgIpc) is 2.29. The minimum absolute atomic E-state index is 0.0678. The number of rotatable bonds is 6. The van der Waals surface area contributed by atoms with Crippen molar-refractivity contribution in [1.29, 1.82) is 0 Å². The maximum Gasteiger partial charge on any atom is 0.157 e. The molecule has 1 aliphatic rings. The van der Waals surface area contributed by atoms with Gasteiger partial charge in [0.15, 0.2) is 6.29 Å². The van der Waals surface area contributed by atoms with Crippen molar-refractivity contribution in [2.75, 3.05) is 13.2 Å². The van der Waals surface area contributed by atoms with Crippen LogP contribution in [0.2, 0.25) is 0 Å². The molecule has 2 nitrogen and oxygen atoms in total. The van der Waals surface area contributed by atoms with Gasteiger partial charge in [0, 0.05) is 6.61 Å². The van der Waals surface area contributed by atoms with E-state index in [1.807, 2.05) is 19.1 Å². The topological polar surface area (TPSA) is 18.5 Å². The zero-order chi connectivity index (χ0) is 10.8. The van der Waals surface area contributed by atoms with Gasteiger partial charge >= 0.3 is 0 Å². The van der Waals surface area contributed by atoms with E-state index in [2.05, 4.69) is 12.2 Å². The second kappa shape index (κ2) is 8.69. The fourth-order valence-electron chi connectivity index (χ4n) is 1.54. The molecule has 0 N–H and O–H groups in total. The minimum Gasteiger partial charge on any atom is -0.353 e. The van der Waals surface area contributed by atoms with E-state index in [0.29, 0.717) is 0 Å². The molecule has 1 unspecified atom stereocenters. The van der Waals surface area contributed by atoms with Gasteiger partial charge in [-0.3, -0.25) is 0 Å². The molecule has 1 fully saturated rings. The van der Waals surface area contributed by atoms with Crippen molar-refractivity contribution in [3.05, 3.63) is 24.3 Å². The maximum absolute atomic E-state index is 5.62. The summed E-state index contributed by atoms with van der Waals surface area (Å²) in [6, 6.07) is 0. The van der Waals surface area contributed by atoms with Crippen LogP contribution in [0.15, 0.2) is 24.3 Å². The van der Waals surface area contributed by atoms with E-state index in [9.17, 15) is 0 Å². The van der Waals surface area contributed by atoms with Gasteiger partial charge in [-0.05, 0) is 39.0 Å². The van der Waals surface area contributed by atoms with Crippen LogP contribution in [0.3, 0.4) is 0 Å². The summed E-state index contributed by atoms with van der Waals surface area (Å²) in [5, 5.41) is 0. The van der Waals surface area contributed by atoms with Crippen LogP contribution < -0.4 is 0 Å². The number of allylic oxidation sites excluding steroid dienone is 4. The highest BCUT2D eigenvalue weighted by Crippen LogP contribution is 2.13. The third-order valence-electron chi connectivity index (χ3n) is 2.40. The Labute approximate surface area is 93.0 Å². The fourth-order valence-corrected chi connectivity index (χ4v) is 1.54. The number of unbranched alkanes of at least 4 members (excludes halogenated alkanes) is 1. The molecule has 1 atom stereocenters. The molecule has 15 heavy (non-hydrogen) atoms. The van der Waals surface area contributed by atoms with Crippen LogP contribution in [0.1, 0.15) is 39.0 Å². The Morgan fingerprint density at radius 2 is 2.27 bits per heavy atom. The predicted molar refractivity (Wildman–Crippen MR) is 62.7 cm³/mol. The number of hydrogen-bond donors (Lipinski definition) is 0. The predicted octanol–water partition coefficient (Wildman–Crippen LogP) is 3.44. The highest BCUT2D eigenvalue weighted by atomic mass is 16.7. The second-order valence-corrected chi connectivity index (χ2v) is 3.76.